The maximum atomic E-state index is 11.7. The Hall–Kier alpha value is -1.85. The molecule has 4 nitrogen and oxygen atoms in total. The first-order chi connectivity index (χ1) is 10.1. The SMILES string of the molecule is CC(NC(=O)CO/N=C/c1cccs1)c1ccc(Cl)cc1. The predicted molar refractivity (Wildman–Crippen MR) is 85.9 cm³/mol. The lowest BCUT2D eigenvalue weighted by atomic mass is 10.1. The standard InChI is InChI=1S/C15H15ClN2O2S/c1-11(12-4-6-13(16)7-5-12)18-15(19)10-20-17-9-14-3-2-8-21-14/h2-9,11H,10H2,1H3,(H,18,19)/b17-9+. The second-order valence-electron chi connectivity index (χ2n) is 4.36. The molecule has 0 radical (unpaired) electrons. The number of nitrogens with one attached hydrogen (secondary N) is 1. The van der Waals surface area contributed by atoms with Crippen LogP contribution in [0.3, 0.4) is 0 Å². The van der Waals surface area contributed by atoms with E-state index in [1.54, 1.807) is 29.7 Å². The Morgan fingerprint density at radius 3 is 2.86 bits per heavy atom. The van der Waals surface area contributed by atoms with E-state index in [4.69, 9.17) is 16.4 Å². The number of hydrogen-bond acceptors (Lipinski definition) is 4. The van der Waals surface area contributed by atoms with Gasteiger partial charge < -0.3 is 10.2 Å². The molecule has 1 aromatic heterocycles. The molecule has 0 aliphatic rings. The van der Waals surface area contributed by atoms with Crippen LogP contribution >= 0.6 is 22.9 Å². The van der Waals surface area contributed by atoms with E-state index in [2.05, 4.69) is 10.5 Å². The average Bonchev–Trinajstić information content (AvgIpc) is 2.97. The topological polar surface area (TPSA) is 50.7 Å². The smallest absolute Gasteiger partial charge is 0.261 e. The Balaban J connectivity index is 1.75. The molecule has 0 bridgehead atoms. The van der Waals surface area contributed by atoms with Crippen LogP contribution in [0.5, 0.6) is 0 Å². The molecule has 0 spiro atoms. The van der Waals surface area contributed by atoms with Gasteiger partial charge in [0, 0.05) is 9.90 Å². The van der Waals surface area contributed by atoms with E-state index in [1.165, 1.54) is 0 Å². The molecule has 6 heteroatoms. The van der Waals surface area contributed by atoms with Crippen molar-refractivity contribution in [3.8, 4) is 0 Å². The first-order valence-corrected chi connectivity index (χ1v) is 7.64. The van der Waals surface area contributed by atoms with Crippen LogP contribution < -0.4 is 5.32 Å². The summed E-state index contributed by atoms with van der Waals surface area (Å²) >= 11 is 7.38. The zero-order chi connectivity index (χ0) is 15.1. The number of nitrogens with zero attached hydrogens (tertiary/aromatic N) is 1. The van der Waals surface area contributed by atoms with Crippen LogP contribution in [0.2, 0.25) is 5.02 Å². The molecule has 110 valence electrons. The quantitative estimate of drug-likeness (QED) is 0.652. The minimum atomic E-state index is -0.222. The van der Waals surface area contributed by atoms with Crippen molar-refractivity contribution >= 4 is 35.1 Å². The summed E-state index contributed by atoms with van der Waals surface area (Å²) in [7, 11) is 0. The normalized spacial score (nSPS) is 12.3. The Kier molecular flexibility index (Phi) is 5.78. The number of benzene rings is 1. The predicted octanol–water partition coefficient (Wildman–Crippen LogP) is 3.63. The van der Waals surface area contributed by atoms with Gasteiger partial charge in [-0.15, -0.1) is 11.3 Å². The fourth-order valence-electron chi connectivity index (χ4n) is 1.67. The number of carbonyl (C=O) groups excluding carboxylic acids is 1. The summed E-state index contributed by atoms with van der Waals surface area (Å²) in [5, 5.41) is 9.20. The highest BCUT2D eigenvalue weighted by molar-refractivity contribution is 7.11. The van der Waals surface area contributed by atoms with Crippen molar-refractivity contribution in [1.29, 1.82) is 0 Å². The molecule has 1 atom stereocenters. The highest BCUT2D eigenvalue weighted by Crippen LogP contribution is 2.15. The molecule has 0 saturated carbocycles. The third-order valence-corrected chi connectivity index (χ3v) is 3.80. The van der Waals surface area contributed by atoms with Crippen LogP contribution in [-0.4, -0.2) is 18.7 Å². The van der Waals surface area contributed by atoms with Crippen molar-refractivity contribution < 1.29 is 9.63 Å². The number of rotatable bonds is 6. The third kappa shape index (κ3) is 5.21. The zero-order valence-corrected chi connectivity index (χ0v) is 13.0. The van der Waals surface area contributed by atoms with Crippen LogP contribution in [0.25, 0.3) is 0 Å². The summed E-state index contributed by atoms with van der Waals surface area (Å²) in [5.74, 6) is -0.222. The Morgan fingerprint density at radius 1 is 1.43 bits per heavy atom. The van der Waals surface area contributed by atoms with Gasteiger partial charge in [0.05, 0.1) is 12.3 Å². The summed E-state index contributed by atoms with van der Waals surface area (Å²) in [6.07, 6.45) is 1.58. The second kappa shape index (κ2) is 7.81. The van der Waals surface area contributed by atoms with Crippen molar-refractivity contribution in [1.82, 2.24) is 5.32 Å². The maximum Gasteiger partial charge on any atom is 0.261 e. The first-order valence-electron chi connectivity index (χ1n) is 6.39. The monoisotopic (exact) mass is 322 g/mol. The van der Waals surface area contributed by atoms with Gasteiger partial charge in [-0.25, -0.2) is 0 Å². The Bertz CT molecular complexity index is 597. The molecule has 0 aliphatic heterocycles. The molecule has 1 heterocycles. The van der Waals surface area contributed by atoms with E-state index >= 15 is 0 Å². The molecular weight excluding hydrogens is 308 g/mol. The van der Waals surface area contributed by atoms with E-state index in [1.807, 2.05) is 36.6 Å². The average molecular weight is 323 g/mol. The molecule has 1 aromatic carbocycles. The molecule has 2 aromatic rings. The molecular formula is C15H15ClN2O2S. The minimum Gasteiger partial charge on any atom is -0.386 e. The van der Waals surface area contributed by atoms with Crippen LogP contribution in [0, 0.1) is 0 Å². The number of thiophene rings is 1. The molecule has 0 saturated heterocycles. The summed E-state index contributed by atoms with van der Waals surface area (Å²) < 4.78 is 0. The largest absolute Gasteiger partial charge is 0.386 e. The maximum absolute atomic E-state index is 11.7. The van der Waals surface area contributed by atoms with E-state index in [0.29, 0.717) is 5.02 Å². The Labute approximate surface area is 132 Å². The van der Waals surface area contributed by atoms with E-state index in [-0.39, 0.29) is 18.6 Å². The lowest BCUT2D eigenvalue weighted by Gasteiger charge is -2.13. The Morgan fingerprint density at radius 2 is 2.19 bits per heavy atom. The molecule has 2 rings (SSSR count). The second-order valence-corrected chi connectivity index (χ2v) is 5.78. The van der Waals surface area contributed by atoms with Crippen LogP contribution in [-0.2, 0) is 9.63 Å². The van der Waals surface area contributed by atoms with Crippen molar-refractivity contribution in [2.24, 2.45) is 5.16 Å². The molecule has 0 aliphatic carbocycles. The van der Waals surface area contributed by atoms with Crippen molar-refractivity contribution in [3.63, 3.8) is 0 Å². The lowest BCUT2D eigenvalue weighted by Crippen LogP contribution is -2.29. The van der Waals surface area contributed by atoms with Crippen LogP contribution in [0.4, 0.5) is 0 Å². The molecule has 21 heavy (non-hydrogen) atoms. The number of oxime groups is 1. The van der Waals surface area contributed by atoms with Gasteiger partial charge in [-0.05, 0) is 36.1 Å². The number of hydrogen-bond donors (Lipinski definition) is 1. The zero-order valence-electron chi connectivity index (χ0n) is 11.5. The van der Waals surface area contributed by atoms with Crippen LogP contribution in [0.1, 0.15) is 23.4 Å². The third-order valence-electron chi connectivity index (χ3n) is 2.74. The van der Waals surface area contributed by atoms with Gasteiger partial charge in [0.2, 0.25) is 0 Å². The highest BCUT2D eigenvalue weighted by atomic mass is 35.5. The van der Waals surface area contributed by atoms with Crippen molar-refractivity contribution in [3.05, 3.63) is 57.2 Å². The molecule has 1 amide bonds. The van der Waals surface area contributed by atoms with Crippen LogP contribution in [0.15, 0.2) is 46.9 Å². The van der Waals surface area contributed by atoms with Gasteiger partial charge in [-0.1, -0.05) is 35.0 Å². The molecule has 1 unspecified atom stereocenters. The number of halogens is 1. The fraction of sp³-hybridized carbons (Fsp3) is 0.200. The van der Waals surface area contributed by atoms with Gasteiger partial charge in [0.15, 0.2) is 6.61 Å². The molecule has 0 fully saturated rings. The lowest BCUT2D eigenvalue weighted by molar-refractivity contribution is -0.126. The summed E-state index contributed by atoms with van der Waals surface area (Å²) in [6.45, 7) is 1.79. The fourth-order valence-corrected chi connectivity index (χ4v) is 2.37. The van der Waals surface area contributed by atoms with E-state index in [0.717, 1.165) is 10.4 Å². The van der Waals surface area contributed by atoms with Gasteiger partial charge in [-0.3, -0.25) is 4.79 Å². The van der Waals surface area contributed by atoms with Gasteiger partial charge in [0.25, 0.3) is 5.91 Å². The summed E-state index contributed by atoms with van der Waals surface area (Å²) in [6, 6.07) is 11.1. The summed E-state index contributed by atoms with van der Waals surface area (Å²) in [5.41, 5.74) is 0.981. The summed E-state index contributed by atoms with van der Waals surface area (Å²) in [4.78, 5) is 17.7. The van der Waals surface area contributed by atoms with Gasteiger partial charge in [-0.2, -0.15) is 0 Å². The van der Waals surface area contributed by atoms with Gasteiger partial charge >= 0.3 is 0 Å². The molecule has 1 N–H and O–H groups in total. The van der Waals surface area contributed by atoms with E-state index in [9.17, 15) is 4.79 Å². The highest BCUT2D eigenvalue weighted by Gasteiger charge is 2.09. The number of carbonyl (C=O) groups is 1. The van der Waals surface area contributed by atoms with Gasteiger partial charge in [0.1, 0.15) is 0 Å². The first kappa shape index (κ1) is 15.5. The van der Waals surface area contributed by atoms with Crippen molar-refractivity contribution in [2.45, 2.75) is 13.0 Å². The van der Waals surface area contributed by atoms with Crippen molar-refractivity contribution in [2.75, 3.05) is 6.61 Å². The number of amides is 1. The minimum absolute atomic E-state index is 0.111. The van der Waals surface area contributed by atoms with E-state index < -0.39 is 0 Å².